The first kappa shape index (κ1) is 71.4. The van der Waals surface area contributed by atoms with E-state index in [4.69, 9.17) is 33.4 Å². The summed E-state index contributed by atoms with van der Waals surface area (Å²) in [5, 5.41) is 33.5. The number of fused-ring (bicyclic) bond motifs is 1. The molecule has 0 radical (unpaired) electrons. The van der Waals surface area contributed by atoms with Crippen LogP contribution in [0.2, 0.25) is 0 Å². The first-order valence-electron chi connectivity index (χ1n) is 28.4. The number of carbonyl (C=O) groups is 7. The maximum absolute atomic E-state index is 14.4. The van der Waals surface area contributed by atoms with Crippen LogP contribution < -0.4 is 4.74 Å². The first-order valence-corrected chi connectivity index (χ1v) is 32.2. The third kappa shape index (κ3) is 20.4. The maximum atomic E-state index is 14.4. The molecule has 29 heteroatoms. The molecule has 90 heavy (non-hydrogen) atoms. The number of aliphatic carboxylic acids is 1. The van der Waals surface area contributed by atoms with E-state index in [-0.39, 0.29) is 42.3 Å². The SMILES string of the molecule is CC(C)(C)OC(=O)Cc1nc(/C(=N/OC(C)(C)C(=O)OC(C)(C)C)C(=O)O)cs1.COc1ccc(Cn2nnnc2C2=C(CSc3ccncc3)CS[C@@H]3[C@H](CC(=O)/C(=N\OC(C)(C)C(=O)OC(C)(C)C)c4csc(CC(=O)OC(C)(C)C)n4)C(=O)N23)c(C)c1. The van der Waals surface area contributed by atoms with Crippen LogP contribution in [0.4, 0.5) is 0 Å². The zero-order valence-corrected chi connectivity index (χ0v) is 57.1. The number of aryl methyl sites for hydroxylation is 1. The predicted octanol–water partition coefficient (Wildman–Crippen LogP) is 9.26. The van der Waals surface area contributed by atoms with Crippen molar-refractivity contribution in [2.45, 2.75) is 187 Å². The van der Waals surface area contributed by atoms with E-state index in [0.29, 0.717) is 39.6 Å². The van der Waals surface area contributed by atoms with Gasteiger partial charge in [0.2, 0.25) is 22.8 Å². The number of amides is 1. The number of carboxylic acid groups (broad SMARTS) is 1. The van der Waals surface area contributed by atoms with Crippen molar-refractivity contribution in [2.75, 3.05) is 18.6 Å². The Kier molecular flexibility index (Phi) is 23.1. The highest BCUT2D eigenvalue weighted by Crippen LogP contribution is 2.49. The third-order valence-electron chi connectivity index (χ3n) is 12.2. The van der Waals surface area contributed by atoms with Gasteiger partial charge in [0.15, 0.2) is 17.3 Å². The molecule has 2 aliphatic rings. The number of thioether (sulfide) groups is 2. The molecule has 0 bridgehead atoms. The molecule has 0 saturated carbocycles. The van der Waals surface area contributed by atoms with Gasteiger partial charge in [-0.1, -0.05) is 16.4 Å². The van der Waals surface area contributed by atoms with Crippen molar-refractivity contribution in [2.24, 2.45) is 16.2 Å². The van der Waals surface area contributed by atoms with Crippen molar-refractivity contribution in [3.63, 3.8) is 0 Å². The van der Waals surface area contributed by atoms with E-state index in [1.165, 1.54) is 33.1 Å². The average Bonchev–Trinajstić information content (AvgIpc) is 0.833. The minimum Gasteiger partial charge on any atom is -0.497 e. The number of esters is 4. The van der Waals surface area contributed by atoms with Crippen LogP contribution in [0, 0.1) is 12.8 Å². The van der Waals surface area contributed by atoms with Gasteiger partial charge in [-0.25, -0.2) is 29.0 Å². The van der Waals surface area contributed by atoms with E-state index in [1.54, 1.807) is 141 Å². The van der Waals surface area contributed by atoms with Gasteiger partial charge < -0.3 is 38.5 Å². The summed E-state index contributed by atoms with van der Waals surface area (Å²) in [5.41, 5.74) is -2.96. The van der Waals surface area contributed by atoms with Gasteiger partial charge in [0.25, 0.3) is 0 Å². The smallest absolute Gasteiger partial charge is 0.360 e. The molecule has 0 unspecified atom stereocenters. The predicted molar refractivity (Wildman–Crippen MR) is 339 cm³/mol. The van der Waals surface area contributed by atoms with Crippen molar-refractivity contribution >= 4 is 105 Å². The molecule has 5 aromatic rings. The number of hydrogen-bond donors (Lipinski definition) is 1. The molecular formula is C61H78N10O15S4. The highest BCUT2D eigenvalue weighted by atomic mass is 32.2. The molecule has 2 atom stereocenters. The lowest BCUT2D eigenvalue weighted by Gasteiger charge is -2.50. The number of hydrogen-bond acceptors (Lipinski definition) is 26. The Morgan fingerprint density at radius 1 is 0.711 bits per heavy atom. The molecule has 1 saturated heterocycles. The number of pyridine rings is 1. The lowest BCUT2D eigenvalue weighted by Crippen LogP contribution is -2.60. The number of tetrazole rings is 1. The standard InChI is InChI=1S/C42H50N8O8S3.C19H28N2O7S/c1-24-17-27(55-10)12-11-25(24)20-49-36(45-47-48-49)35-26(21-59-28-13-15-43-16-14-28)22-61-38-29(37(53)50(35)38)18-31(51)34(46-58-42(8,9)39(54)57-41(5,6)7)30-23-60-32(44-30)19-33(52)56-40(2,3)4;1-17(2,3)26-13(22)9-12-20-11(10-29-12)14(15(23)24)21-28-19(7,8)16(25)27-18(4,5)6/h11-17,23,29,38H,18-22H2,1-10H3;10H,9H2,1-8H3,(H,23,24)/b46-34-;21-14-/t29-,38-;/m1./s1. The summed E-state index contributed by atoms with van der Waals surface area (Å²) in [7, 11) is 1.62. The van der Waals surface area contributed by atoms with Gasteiger partial charge in [0.1, 0.15) is 49.6 Å². The Balaban J connectivity index is 0.000000373. The number of Topliss-reactive ketones (excluding diaryl/α,β-unsaturated/α-hetero) is 1. The Morgan fingerprint density at radius 3 is 1.71 bits per heavy atom. The molecule has 1 fully saturated rings. The topological polar surface area (TPSA) is 315 Å². The summed E-state index contributed by atoms with van der Waals surface area (Å²) in [6, 6.07) is 9.64. The summed E-state index contributed by atoms with van der Waals surface area (Å²) >= 11 is 5.42. The molecule has 0 aliphatic carbocycles. The highest BCUT2D eigenvalue weighted by Gasteiger charge is 2.54. The molecule has 6 heterocycles. The molecule has 0 spiro atoms. The minimum absolute atomic E-state index is 0.0149. The van der Waals surface area contributed by atoms with Crippen LogP contribution in [0.5, 0.6) is 5.75 Å². The summed E-state index contributed by atoms with van der Waals surface area (Å²) < 4.78 is 28.6. The molecule has 7 rings (SSSR count). The minimum atomic E-state index is -1.59. The lowest BCUT2D eigenvalue weighted by molar-refractivity contribution is -0.180. The number of ether oxygens (including phenoxy) is 5. The van der Waals surface area contributed by atoms with Gasteiger partial charge in [0, 0.05) is 46.0 Å². The fourth-order valence-corrected chi connectivity index (χ4v) is 12.1. The number of carboxylic acids is 1. The Labute approximate surface area is 539 Å². The number of β-lactam (4-membered cyclic amide) rings is 1. The van der Waals surface area contributed by atoms with E-state index in [2.05, 4.69) is 40.8 Å². The number of oxime groups is 2. The number of aromatic nitrogens is 7. The second kappa shape index (κ2) is 29.1. The Morgan fingerprint density at radius 2 is 1.22 bits per heavy atom. The highest BCUT2D eigenvalue weighted by molar-refractivity contribution is 8.01. The number of nitrogens with zero attached hydrogens (tertiary/aromatic N) is 10. The normalized spacial score (nSPS) is 15.8. The van der Waals surface area contributed by atoms with Gasteiger partial charge in [0.05, 0.1) is 43.5 Å². The molecule has 2 aliphatic heterocycles. The van der Waals surface area contributed by atoms with Crippen molar-refractivity contribution in [1.82, 2.24) is 40.1 Å². The van der Waals surface area contributed by atoms with Crippen LogP contribution in [0.3, 0.4) is 0 Å². The van der Waals surface area contributed by atoms with Crippen LogP contribution in [-0.4, -0.2) is 156 Å². The summed E-state index contributed by atoms with van der Waals surface area (Å²) in [5.74, 6) is -3.01. The summed E-state index contributed by atoms with van der Waals surface area (Å²) in [6.45, 7) is 29.0. The number of ketones is 1. The van der Waals surface area contributed by atoms with E-state index in [0.717, 1.165) is 50.0 Å². The van der Waals surface area contributed by atoms with Gasteiger partial charge in [-0.2, -0.15) is 0 Å². The number of rotatable bonds is 23. The van der Waals surface area contributed by atoms with Crippen molar-refractivity contribution in [3.05, 3.63) is 97.4 Å². The Hall–Kier alpha value is -7.63. The third-order valence-corrected chi connectivity index (χ3v) is 16.4. The monoisotopic (exact) mass is 1320 g/mol. The van der Waals surface area contributed by atoms with Crippen LogP contribution >= 0.6 is 46.2 Å². The molecule has 1 amide bonds. The fourth-order valence-electron chi connectivity index (χ4n) is 8.09. The number of thiazole rings is 2. The second-order valence-electron chi connectivity index (χ2n) is 25.7. The quantitative estimate of drug-likeness (QED) is 0.0159. The lowest BCUT2D eigenvalue weighted by atomic mass is 9.89. The van der Waals surface area contributed by atoms with Gasteiger partial charge in [-0.05, 0) is 169 Å². The zero-order valence-electron chi connectivity index (χ0n) is 53.9. The summed E-state index contributed by atoms with van der Waals surface area (Å²) in [6.07, 6.45) is 3.01. The second-order valence-corrected chi connectivity index (χ2v) is 29.7. The van der Waals surface area contributed by atoms with Crippen molar-refractivity contribution < 1.29 is 72.0 Å². The van der Waals surface area contributed by atoms with Crippen molar-refractivity contribution in [3.8, 4) is 5.75 Å². The van der Waals surface area contributed by atoms with E-state index in [1.807, 2.05) is 37.3 Å². The van der Waals surface area contributed by atoms with Crippen LogP contribution in [-0.2, 0) is 81.6 Å². The van der Waals surface area contributed by atoms with E-state index >= 15 is 0 Å². The molecule has 486 valence electrons. The molecule has 4 aromatic heterocycles. The van der Waals surface area contributed by atoms with Gasteiger partial charge in [-0.3, -0.25) is 29.1 Å². The largest absolute Gasteiger partial charge is 0.497 e. The van der Waals surface area contributed by atoms with E-state index < -0.39 is 86.2 Å². The number of methoxy groups -OCH3 is 1. The zero-order chi connectivity index (χ0) is 66.9. The van der Waals surface area contributed by atoms with Crippen molar-refractivity contribution in [1.29, 1.82) is 0 Å². The fraction of sp³-hybridized carbons (Fsp3) is 0.525. The number of carbonyl (C=O) groups excluding carboxylic acids is 6. The molecule has 1 aromatic carbocycles. The van der Waals surface area contributed by atoms with Crippen LogP contribution in [0.25, 0.3) is 5.70 Å². The van der Waals surface area contributed by atoms with Crippen LogP contribution in [0.1, 0.15) is 156 Å². The Bertz CT molecular complexity index is 3550. The molecular weight excluding hydrogens is 1240 g/mol. The first-order chi connectivity index (χ1) is 41.7. The van der Waals surface area contributed by atoms with Crippen LogP contribution in [0.15, 0.2) is 74.3 Å². The molecule has 25 nitrogen and oxygen atoms in total. The number of benzene rings is 1. The average molecular weight is 1320 g/mol. The molecule has 1 N–H and O–H groups in total. The van der Waals surface area contributed by atoms with Gasteiger partial charge >= 0.3 is 29.8 Å². The maximum Gasteiger partial charge on any atom is 0.360 e. The van der Waals surface area contributed by atoms with E-state index in [9.17, 15) is 38.7 Å². The van der Waals surface area contributed by atoms with Gasteiger partial charge in [-0.15, -0.1) is 51.3 Å². The summed E-state index contributed by atoms with van der Waals surface area (Å²) in [4.78, 5) is 117.